The second kappa shape index (κ2) is 7.38. The van der Waals surface area contributed by atoms with Crippen LogP contribution in [0.3, 0.4) is 0 Å². The second-order valence-corrected chi connectivity index (χ2v) is 5.76. The molecule has 0 unspecified atom stereocenters. The quantitative estimate of drug-likeness (QED) is 0.789. The standard InChI is InChI=1S/C17H27N/c1-13(2)11-18-12-17(14(3)4)10-16-9-7-6-8-15(16)5/h6-10,13-14,18H,11-12H2,1-5H3. The fourth-order valence-electron chi connectivity index (χ4n) is 1.88. The summed E-state index contributed by atoms with van der Waals surface area (Å²) in [5.74, 6) is 1.29. The van der Waals surface area contributed by atoms with E-state index in [-0.39, 0.29) is 0 Å². The van der Waals surface area contributed by atoms with E-state index in [1.165, 1.54) is 16.7 Å². The molecule has 1 aromatic carbocycles. The fraction of sp³-hybridized carbons (Fsp3) is 0.529. The lowest BCUT2D eigenvalue weighted by Crippen LogP contribution is -2.23. The Morgan fingerprint density at radius 1 is 1.17 bits per heavy atom. The summed E-state index contributed by atoms with van der Waals surface area (Å²) in [6.45, 7) is 13.3. The second-order valence-electron chi connectivity index (χ2n) is 5.76. The van der Waals surface area contributed by atoms with Gasteiger partial charge in [-0.1, -0.05) is 63.6 Å². The summed E-state index contributed by atoms with van der Waals surface area (Å²) in [5.41, 5.74) is 4.16. The Hall–Kier alpha value is -1.08. The van der Waals surface area contributed by atoms with Crippen LogP contribution in [0.4, 0.5) is 0 Å². The molecule has 0 bridgehead atoms. The molecule has 18 heavy (non-hydrogen) atoms. The highest BCUT2D eigenvalue weighted by molar-refractivity contribution is 5.57. The minimum atomic E-state index is 0.587. The van der Waals surface area contributed by atoms with Crippen molar-refractivity contribution < 1.29 is 0 Å². The molecule has 0 aliphatic carbocycles. The number of nitrogens with one attached hydrogen (secondary N) is 1. The molecule has 0 saturated heterocycles. The first-order valence-electron chi connectivity index (χ1n) is 6.97. The van der Waals surface area contributed by atoms with Crippen LogP contribution in [0, 0.1) is 18.8 Å². The first kappa shape index (κ1) is 15.0. The Kier molecular flexibility index (Phi) is 6.14. The van der Waals surface area contributed by atoms with E-state index in [1.54, 1.807) is 0 Å². The van der Waals surface area contributed by atoms with Gasteiger partial charge in [0.15, 0.2) is 0 Å². The van der Waals surface area contributed by atoms with Crippen molar-refractivity contribution in [1.29, 1.82) is 0 Å². The number of aryl methyl sites for hydroxylation is 1. The van der Waals surface area contributed by atoms with Gasteiger partial charge in [0.25, 0.3) is 0 Å². The van der Waals surface area contributed by atoms with Gasteiger partial charge in [0.05, 0.1) is 0 Å². The normalized spacial score (nSPS) is 12.5. The Balaban J connectivity index is 2.75. The molecule has 0 heterocycles. The lowest BCUT2D eigenvalue weighted by atomic mass is 9.98. The summed E-state index contributed by atoms with van der Waals surface area (Å²) < 4.78 is 0. The van der Waals surface area contributed by atoms with Crippen LogP contribution < -0.4 is 5.32 Å². The molecule has 0 aromatic heterocycles. The highest BCUT2D eigenvalue weighted by Gasteiger charge is 2.05. The van der Waals surface area contributed by atoms with Crippen LogP contribution in [0.1, 0.15) is 38.8 Å². The molecule has 0 atom stereocenters. The van der Waals surface area contributed by atoms with Gasteiger partial charge < -0.3 is 5.32 Å². The summed E-state index contributed by atoms with van der Waals surface area (Å²) in [5, 5.41) is 3.54. The van der Waals surface area contributed by atoms with Gasteiger partial charge in [-0.15, -0.1) is 0 Å². The number of rotatable bonds is 6. The van der Waals surface area contributed by atoms with E-state index in [4.69, 9.17) is 0 Å². The minimum Gasteiger partial charge on any atom is -0.313 e. The molecule has 0 aliphatic heterocycles. The molecule has 0 amide bonds. The molecule has 0 aliphatic rings. The third kappa shape index (κ3) is 5.05. The maximum atomic E-state index is 3.54. The lowest BCUT2D eigenvalue weighted by Gasteiger charge is -2.15. The predicted molar refractivity (Wildman–Crippen MR) is 81.7 cm³/mol. The fourth-order valence-corrected chi connectivity index (χ4v) is 1.88. The van der Waals surface area contributed by atoms with Gasteiger partial charge in [-0.3, -0.25) is 0 Å². The molecule has 1 aromatic rings. The van der Waals surface area contributed by atoms with Crippen LogP contribution in [-0.4, -0.2) is 13.1 Å². The average molecular weight is 245 g/mol. The maximum Gasteiger partial charge on any atom is 0.0170 e. The zero-order valence-electron chi connectivity index (χ0n) is 12.5. The van der Waals surface area contributed by atoms with E-state index in [2.05, 4.69) is 70.3 Å². The molecule has 1 N–H and O–H groups in total. The number of benzene rings is 1. The van der Waals surface area contributed by atoms with Crippen molar-refractivity contribution in [2.24, 2.45) is 11.8 Å². The molecule has 100 valence electrons. The minimum absolute atomic E-state index is 0.587. The molecule has 1 heteroatoms. The van der Waals surface area contributed by atoms with Gasteiger partial charge in [-0.25, -0.2) is 0 Å². The van der Waals surface area contributed by atoms with Gasteiger partial charge in [-0.05, 0) is 36.4 Å². The summed E-state index contributed by atoms with van der Waals surface area (Å²) in [4.78, 5) is 0. The first-order chi connectivity index (χ1) is 8.50. The number of hydrogen-bond acceptors (Lipinski definition) is 1. The van der Waals surface area contributed by atoms with Crippen LogP contribution in [-0.2, 0) is 0 Å². The van der Waals surface area contributed by atoms with E-state index in [0.29, 0.717) is 11.8 Å². The van der Waals surface area contributed by atoms with Crippen molar-refractivity contribution in [2.75, 3.05) is 13.1 Å². The van der Waals surface area contributed by atoms with E-state index in [9.17, 15) is 0 Å². The predicted octanol–water partition coefficient (Wildman–Crippen LogP) is 4.28. The monoisotopic (exact) mass is 245 g/mol. The lowest BCUT2D eigenvalue weighted by molar-refractivity contribution is 0.558. The van der Waals surface area contributed by atoms with Gasteiger partial charge in [0.1, 0.15) is 0 Å². The van der Waals surface area contributed by atoms with Crippen molar-refractivity contribution in [1.82, 2.24) is 5.32 Å². The zero-order chi connectivity index (χ0) is 13.5. The maximum absolute atomic E-state index is 3.54. The van der Waals surface area contributed by atoms with Crippen LogP contribution in [0.2, 0.25) is 0 Å². The van der Waals surface area contributed by atoms with Crippen molar-refractivity contribution in [3.63, 3.8) is 0 Å². The van der Waals surface area contributed by atoms with Crippen LogP contribution in [0.15, 0.2) is 29.8 Å². The van der Waals surface area contributed by atoms with Crippen LogP contribution in [0.5, 0.6) is 0 Å². The zero-order valence-corrected chi connectivity index (χ0v) is 12.5. The Labute approximate surface area is 112 Å². The molecule has 0 saturated carbocycles. The first-order valence-corrected chi connectivity index (χ1v) is 6.97. The molecular weight excluding hydrogens is 218 g/mol. The molecule has 0 spiro atoms. The third-order valence-corrected chi connectivity index (χ3v) is 3.15. The summed E-state index contributed by atoms with van der Waals surface area (Å²) >= 11 is 0. The van der Waals surface area contributed by atoms with Crippen molar-refractivity contribution >= 4 is 6.08 Å². The summed E-state index contributed by atoms with van der Waals surface area (Å²) in [6.07, 6.45) is 2.34. The highest BCUT2D eigenvalue weighted by atomic mass is 14.9. The summed E-state index contributed by atoms with van der Waals surface area (Å²) in [6, 6.07) is 8.57. The topological polar surface area (TPSA) is 12.0 Å². The van der Waals surface area contributed by atoms with Crippen molar-refractivity contribution in [3.05, 3.63) is 41.0 Å². The Morgan fingerprint density at radius 3 is 2.39 bits per heavy atom. The Morgan fingerprint density at radius 2 is 1.83 bits per heavy atom. The van der Waals surface area contributed by atoms with Crippen LogP contribution >= 0.6 is 0 Å². The van der Waals surface area contributed by atoms with Gasteiger partial charge >= 0.3 is 0 Å². The SMILES string of the molecule is Cc1ccccc1C=C(CNCC(C)C)C(C)C. The molecule has 1 rings (SSSR count). The smallest absolute Gasteiger partial charge is 0.0170 e. The molecule has 1 nitrogen and oxygen atoms in total. The van der Waals surface area contributed by atoms with E-state index in [1.807, 2.05) is 0 Å². The molecule has 0 radical (unpaired) electrons. The van der Waals surface area contributed by atoms with Crippen molar-refractivity contribution in [3.8, 4) is 0 Å². The van der Waals surface area contributed by atoms with Gasteiger partial charge in [0, 0.05) is 6.54 Å². The molecule has 0 fully saturated rings. The van der Waals surface area contributed by atoms with E-state index >= 15 is 0 Å². The summed E-state index contributed by atoms with van der Waals surface area (Å²) in [7, 11) is 0. The number of hydrogen-bond donors (Lipinski definition) is 1. The third-order valence-electron chi connectivity index (χ3n) is 3.15. The van der Waals surface area contributed by atoms with Crippen molar-refractivity contribution in [2.45, 2.75) is 34.6 Å². The largest absolute Gasteiger partial charge is 0.313 e. The average Bonchev–Trinajstić information content (AvgIpc) is 2.29. The van der Waals surface area contributed by atoms with E-state index < -0.39 is 0 Å². The molecular formula is C17H27N. The highest BCUT2D eigenvalue weighted by Crippen LogP contribution is 2.16. The van der Waals surface area contributed by atoms with Gasteiger partial charge in [-0.2, -0.15) is 0 Å². The van der Waals surface area contributed by atoms with E-state index in [0.717, 1.165) is 13.1 Å². The van der Waals surface area contributed by atoms with Gasteiger partial charge in [0.2, 0.25) is 0 Å². The Bertz CT molecular complexity index is 388. The van der Waals surface area contributed by atoms with Crippen LogP contribution in [0.25, 0.3) is 6.08 Å².